The van der Waals surface area contributed by atoms with Crippen molar-refractivity contribution in [3.63, 3.8) is 0 Å². The summed E-state index contributed by atoms with van der Waals surface area (Å²) in [6.07, 6.45) is 5.94. The van der Waals surface area contributed by atoms with Crippen LogP contribution in [-0.2, 0) is 45.8 Å². The smallest absolute Gasteiger partial charge is 0.344 e. The zero-order valence-corrected chi connectivity index (χ0v) is 35.3. The molecule has 13 heteroatoms. The number of rotatable bonds is 7. The molecular weight excluding hydrogens is 753 g/mol. The summed E-state index contributed by atoms with van der Waals surface area (Å²) in [6.45, 7) is 8.62. The molecule has 2 saturated heterocycles. The lowest BCUT2D eigenvalue weighted by atomic mass is 9.47. The van der Waals surface area contributed by atoms with Gasteiger partial charge >= 0.3 is 17.9 Å². The number of methoxy groups -OCH3 is 3. The predicted octanol–water partition coefficient (Wildman–Crippen LogP) is 3.99. The molecule has 1 saturated carbocycles. The second kappa shape index (κ2) is 13.8. The molecule has 2 bridgehead atoms. The van der Waals surface area contributed by atoms with Gasteiger partial charge in [-0.1, -0.05) is 44.2 Å². The van der Waals surface area contributed by atoms with Gasteiger partial charge in [-0.05, 0) is 74.2 Å². The van der Waals surface area contributed by atoms with Gasteiger partial charge in [0.1, 0.15) is 11.2 Å². The zero-order chi connectivity index (χ0) is 41.9. The number of nitrogens with zero attached hydrogens (tertiary/aromatic N) is 3. The number of carbonyl (C=O) groups is 3. The Hall–Kier alpha value is -4.43. The molecule has 0 amide bonds. The van der Waals surface area contributed by atoms with E-state index in [0.29, 0.717) is 82.6 Å². The Morgan fingerprint density at radius 1 is 0.949 bits per heavy atom. The van der Waals surface area contributed by atoms with E-state index in [9.17, 15) is 19.8 Å². The summed E-state index contributed by atoms with van der Waals surface area (Å²) in [5.41, 5.74) is -1.62. The van der Waals surface area contributed by atoms with E-state index in [2.05, 4.69) is 39.1 Å². The highest BCUT2D eigenvalue weighted by molar-refractivity contribution is 5.95. The first-order valence-corrected chi connectivity index (χ1v) is 21.2. The molecule has 9 rings (SSSR count). The van der Waals surface area contributed by atoms with E-state index in [0.717, 1.165) is 33.4 Å². The SMILES string of the molecule is CCC1(O)C[C@H]2CN(CCc3c([nH]c4ccccc34)[C@@](C(=O)OC)(c3cc4c(cc3OC)N(C)[C@H]3[C@@](O)(C(=O)OC)[C@H](OC(C)=O)[C@]5(CC)C=CCN6CC[C@]43[C@@H]65)C2)C1. The number of hydrogen-bond acceptors (Lipinski definition) is 12. The van der Waals surface area contributed by atoms with Crippen LogP contribution in [0.4, 0.5) is 5.69 Å². The van der Waals surface area contributed by atoms with Crippen molar-refractivity contribution in [2.24, 2.45) is 11.3 Å². The maximum atomic E-state index is 15.3. The van der Waals surface area contributed by atoms with E-state index in [4.69, 9.17) is 18.9 Å². The summed E-state index contributed by atoms with van der Waals surface area (Å²) in [6, 6.07) is 11.0. The van der Waals surface area contributed by atoms with Crippen molar-refractivity contribution in [1.29, 1.82) is 0 Å². The number of para-hydroxylation sites is 1. The third kappa shape index (κ3) is 5.20. The molecule has 2 unspecified atom stereocenters. The first-order valence-electron chi connectivity index (χ1n) is 21.2. The largest absolute Gasteiger partial charge is 0.496 e. The highest BCUT2D eigenvalue weighted by atomic mass is 16.6. The van der Waals surface area contributed by atoms with E-state index in [1.54, 1.807) is 7.11 Å². The van der Waals surface area contributed by atoms with Gasteiger partial charge in [0, 0.05) is 90.9 Å². The number of H-pyrrole nitrogens is 1. The van der Waals surface area contributed by atoms with E-state index in [1.165, 1.54) is 21.1 Å². The molecule has 10 atom stereocenters. The third-order valence-corrected chi connectivity index (χ3v) is 15.6. The predicted molar refractivity (Wildman–Crippen MR) is 220 cm³/mol. The van der Waals surface area contributed by atoms with Gasteiger partial charge in [-0.3, -0.25) is 19.4 Å². The Morgan fingerprint density at radius 3 is 2.41 bits per heavy atom. The summed E-state index contributed by atoms with van der Waals surface area (Å²) in [5.74, 6) is -1.56. The standard InChI is InChI=1S/C46H58N4O9/c1-8-42(54)23-28-24-45(40(52)57-6,36-30(15-19-49(25-28)26-42)29-13-10-11-14-33(29)47-36)32-21-31-34(22-35(32)56-5)48(4)38-44(31)17-20-50-18-12-16-43(9-2,37(44)50)39(59-27(3)51)46(38,55)41(53)58-7/h10-14,16,21-22,28,37-39,47,54-55H,8-9,15,17-20,23-26H2,1-7H3/t28-,37+,38-,39-,42?,43-,44-,45+,46+/m1/s1. The molecule has 13 nitrogen and oxygen atoms in total. The summed E-state index contributed by atoms with van der Waals surface area (Å²) in [4.78, 5) is 53.2. The Bertz CT molecular complexity index is 2260. The fraction of sp³-hybridized carbons (Fsp3) is 0.587. The summed E-state index contributed by atoms with van der Waals surface area (Å²) in [5, 5.41) is 26.3. The number of aromatic amines is 1. The third-order valence-electron chi connectivity index (χ3n) is 15.6. The maximum Gasteiger partial charge on any atom is 0.344 e. The van der Waals surface area contributed by atoms with Gasteiger partial charge in [0.15, 0.2) is 6.10 Å². The van der Waals surface area contributed by atoms with Crippen LogP contribution < -0.4 is 9.64 Å². The molecule has 1 aromatic heterocycles. The van der Waals surface area contributed by atoms with Crippen LogP contribution in [0.2, 0.25) is 0 Å². The van der Waals surface area contributed by atoms with Crippen LogP contribution in [0.3, 0.4) is 0 Å². The van der Waals surface area contributed by atoms with E-state index in [-0.39, 0.29) is 12.0 Å². The first kappa shape index (κ1) is 40.0. The average Bonchev–Trinajstić information content (AvgIpc) is 3.90. The molecule has 2 aromatic carbocycles. The normalized spacial score (nSPS) is 37.0. The number of likely N-dealkylation sites (N-methyl/N-ethyl adjacent to an activating group) is 1. The monoisotopic (exact) mass is 810 g/mol. The highest BCUT2D eigenvalue weighted by Crippen LogP contribution is 2.68. The Balaban J connectivity index is 1.36. The molecule has 3 N–H and O–H groups in total. The van der Waals surface area contributed by atoms with Crippen molar-refractivity contribution in [2.75, 3.05) is 66.0 Å². The molecule has 59 heavy (non-hydrogen) atoms. The molecule has 5 aliphatic heterocycles. The highest BCUT2D eigenvalue weighted by Gasteiger charge is 2.80. The fourth-order valence-electron chi connectivity index (χ4n) is 13.5. The van der Waals surface area contributed by atoms with Gasteiger partial charge in [0.05, 0.1) is 33.0 Å². The molecule has 316 valence electrons. The number of piperidine rings is 1. The molecule has 6 heterocycles. The summed E-state index contributed by atoms with van der Waals surface area (Å²) >= 11 is 0. The fourth-order valence-corrected chi connectivity index (χ4v) is 13.5. The number of ether oxygens (including phenoxy) is 4. The van der Waals surface area contributed by atoms with Crippen molar-refractivity contribution < 1.29 is 43.5 Å². The minimum absolute atomic E-state index is 0.0986. The number of aliphatic hydroxyl groups is 2. The van der Waals surface area contributed by atoms with Crippen molar-refractivity contribution in [2.45, 2.75) is 99.5 Å². The van der Waals surface area contributed by atoms with E-state index >= 15 is 4.79 Å². The number of aromatic nitrogens is 1. The number of benzene rings is 2. The minimum Gasteiger partial charge on any atom is -0.496 e. The Labute approximate surface area is 345 Å². The van der Waals surface area contributed by atoms with Gasteiger partial charge < -0.3 is 39.0 Å². The van der Waals surface area contributed by atoms with Crippen molar-refractivity contribution in [3.05, 3.63) is 70.9 Å². The number of fused-ring (bicyclic) bond motifs is 6. The van der Waals surface area contributed by atoms with Crippen LogP contribution in [-0.4, -0.2) is 133 Å². The number of carbonyl (C=O) groups excluding carboxylic acids is 3. The minimum atomic E-state index is -2.30. The van der Waals surface area contributed by atoms with Crippen molar-refractivity contribution in [1.82, 2.24) is 14.8 Å². The number of hydrogen-bond donors (Lipinski definition) is 3. The topological polar surface area (TPSA) is 154 Å². The van der Waals surface area contributed by atoms with Crippen LogP contribution in [0.15, 0.2) is 48.6 Å². The number of nitrogens with one attached hydrogen (secondary N) is 1. The van der Waals surface area contributed by atoms with Crippen LogP contribution >= 0.6 is 0 Å². The second-order valence-corrected chi connectivity index (χ2v) is 18.2. The van der Waals surface area contributed by atoms with E-state index in [1.807, 2.05) is 50.1 Å². The Morgan fingerprint density at radius 2 is 1.71 bits per heavy atom. The van der Waals surface area contributed by atoms with Gasteiger partial charge in [0.2, 0.25) is 5.60 Å². The van der Waals surface area contributed by atoms with Crippen LogP contribution in [0.25, 0.3) is 10.9 Å². The second-order valence-electron chi connectivity index (χ2n) is 18.2. The van der Waals surface area contributed by atoms with E-state index < -0.39 is 57.5 Å². The molecular formula is C46H58N4O9. The van der Waals surface area contributed by atoms with Gasteiger partial charge in [-0.15, -0.1) is 0 Å². The number of esters is 3. The Kier molecular flexibility index (Phi) is 9.36. The quantitative estimate of drug-likeness (QED) is 0.180. The maximum absolute atomic E-state index is 15.3. The van der Waals surface area contributed by atoms with Crippen LogP contribution in [0.1, 0.15) is 75.3 Å². The summed E-state index contributed by atoms with van der Waals surface area (Å²) in [7, 11) is 6.15. The average molecular weight is 811 g/mol. The lowest BCUT2D eigenvalue weighted by Gasteiger charge is -2.63. The molecule has 0 radical (unpaired) electrons. The molecule has 3 fully saturated rings. The van der Waals surface area contributed by atoms with Crippen LogP contribution in [0.5, 0.6) is 5.75 Å². The molecule has 3 aromatic rings. The first-order chi connectivity index (χ1) is 28.2. The van der Waals surface area contributed by atoms with Gasteiger partial charge in [-0.25, -0.2) is 4.79 Å². The van der Waals surface area contributed by atoms with Gasteiger partial charge in [-0.2, -0.15) is 0 Å². The zero-order valence-electron chi connectivity index (χ0n) is 35.3. The van der Waals surface area contributed by atoms with Crippen molar-refractivity contribution >= 4 is 34.5 Å². The lowest BCUT2D eigenvalue weighted by molar-refractivity contribution is -0.228. The van der Waals surface area contributed by atoms with Gasteiger partial charge in [0.25, 0.3) is 0 Å². The van der Waals surface area contributed by atoms with Crippen molar-refractivity contribution in [3.8, 4) is 5.75 Å². The summed E-state index contributed by atoms with van der Waals surface area (Å²) < 4.78 is 23.9. The molecule has 1 aliphatic carbocycles. The molecule has 1 spiro atoms. The molecule has 6 aliphatic rings. The number of anilines is 1. The lowest BCUT2D eigenvalue weighted by Crippen LogP contribution is -2.81. The van der Waals surface area contributed by atoms with Crippen LogP contribution in [0, 0.1) is 11.3 Å².